The number of carbonyl (C=O) groups is 1. The number of nitrogens with one attached hydrogen (secondary N) is 1. The Morgan fingerprint density at radius 3 is 3.17 bits per heavy atom. The van der Waals surface area contributed by atoms with Crippen molar-refractivity contribution >= 4 is 11.6 Å². The maximum atomic E-state index is 11.8. The first-order valence-electron chi connectivity index (χ1n) is 6.08. The van der Waals surface area contributed by atoms with E-state index in [2.05, 4.69) is 10.2 Å². The predicted molar refractivity (Wildman–Crippen MR) is 69.9 cm³/mol. The van der Waals surface area contributed by atoms with Crippen LogP contribution in [-0.2, 0) is 16.1 Å². The van der Waals surface area contributed by atoms with Crippen LogP contribution in [0.3, 0.4) is 0 Å². The van der Waals surface area contributed by atoms with Crippen LogP contribution in [0.5, 0.6) is 0 Å². The van der Waals surface area contributed by atoms with E-state index in [1.54, 1.807) is 7.05 Å². The third kappa shape index (κ3) is 3.00. The van der Waals surface area contributed by atoms with Crippen LogP contribution >= 0.6 is 0 Å². The average molecular weight is 249 g/mol. The number of morpholine rings is 1. The van der Waals surface area contributed by atoms with E-state index in [4.69, 9.17) is 10.5 Å². The van der Waals surface area contributed by atoms with Gasteiger partial charge in [-0.25, -0.2) is 0 Å². The normalized spacial score (nSPS) is 20.6. The summed E-state index contributed by atoms with van der Waals surface area (Å²) >= 11 is 0. The number of nitrogen functional groups attached to an aromatic ring is 1. The van der Waals surface area contributed by atoms with E-state index in [-0.39, 0.29) is 11.9 Å². The smallest absolute Gasteiger partial charge is 0.239 e. The topological polar surface area (TPSA) is 67.6 Å². The molecule has 1 aliphatic rings. The molecule has 0 saturated carbocycles. The lowest BCUT2D eigenvalue weighted by atomic mass is 10.1. The number of nitrogens with zero attached hydrogens (tertiary/aromatic N) is 1. The first kappa shape index (κ1) is 12.9. The monoisotopic (exact) mass is 249 g/mol. The van der Waals surface area contributed by atoms with E-state index < -0.39 is 0 Å². The molecule has 1 amide bonds. The van der Waals surface area contributed by atoms with E-state index in [0.29, 0.717) is 19.8 Å². The van der Waals surface area contributed by atoms with Crippen molar-refractivity contribution in [2.45, 2.75) is 12.6 Å². The number of amides is 1. The largest absolute Gasteiger partial charge is 0.399 e. The Morgan fingerprint density at radius 2 is 2.44 bits per heavy atom. The van der Waals surface area contributed by atoms with Crippen molar-refractivity contribution < 1.29 is 9.53 Å². The number of hydrogen-bond donors (Lipinski definition) is 2. The Bertz CT molecular complexity index is 422. The number of ether oxygens (including phenoxy) is 1. The van der Waals surface area contributed by atoms with Gasteiger partial charge in [0.2, 0.25) is 5.91 Å². The van der Waals surface area contributed by atoms with Gasteiger partial charge in [-0.3, -0.25) is 9.69 Å². The molecule has 0 radical (unpaired) electrons. The molecular weight excluding hydrogens is 230 g/mol. The van der Waals surface area contributed by atoms with Crippen molar-refractivity contribution in [3.05, 3.63) is 29.8 Å². The summed E-state index contributed by atoms with van der Waals surface area (Å²) in [7, 11) is 1.65. The molecule has 0 spiro atoms. The number of benzene rings is 1. The second-order valence-corrected chi connectivity index (χ2v) is 4.42. The van der Waals surface area contributed by atoms with Crippen molar-refractivity contribution in [3.8, 4) is 0 Å². The van der Waals surface area contributed by atoms with Gasteiger partial charge in [-0.1, -0.05) is 12.1 Å². The summed E-state index contributed by atoms with van der Waals surface area (Å²) in [6, 6.07) is 7.53. The van der Waals surface area contributed by atoms with Crippen LogP contribution in [0, 0.1) is 0 Å². The molecule has 1 heterocycles. The molecule has 1 aromatic carbocycles. The van der Waals surface area contributed by atoms with Crippen LogP contribution in [0.2, 0.25) is 0 Å². The van der Waals surface area contributed by atoms with Crippen molar-refractivity contribution in [2.75, 3.05) is 32.5 Å². The van der Waals surface area contributed by atoms with Crippen molar-refractivity contribution in [2.24, 2.45) is 0 Å². The molecule has 98 valence electrons. The Morgan fingerprint density at radius 1 is 1.61 bits per heavy atom. The van der Waals surface area contributed by atoms with Crippen LogP contribution in [0.15, 0.2) is 24.3 Å². The Labute approximate surface area is 107 Å². The second-order valence-electron chi connectivity index (χ2n) is 4.42. The van der Waals surface area contributed by atoms with Crippen LogP contribution in [0.4, 0.5) is 5.69 Å². The Kier molecular flexibility index (Phi) is 4.17. The van der Waals surface area contributed by atoms with E-state index in [0.717, 1.165) is 17.8 Å². The lowest BCUT2D eigenvalue weighted by molar-refractivity contribution is -0.132. The highest BCUT2D eigenvalue weighted by Gasteiger charge is 2.28. The Balaban J connectivity index is 2.07. The SMILES string of the molecule is CNC(=O)C1COCCN1Cc1cccc(N)c1. The van der Waals surface area contributed by atoms with Gasteiger partial charge in [0.1, 0.15) is 6.04 Å². The molecule has 1 unspecified atom stereocenters. The van der Waals surface area contributed by atoms with Crippen molar-refractivity contribution in [1.82, 2.24) is 10.2 Å². The first-order chi connectivity index (χ1) is 8.70. The Hall–Kier alpha value is -1.59. The van der Waals surface area contributed by atoms with Gasteiger partial charge in [-0.05, 0) is 17.7 Å². The van der Waals surface area contributed by atoms with Crippen molar-refractivity contribution in [1.29, 1.82) is 0 Å². The third-order valence-corrected chi connectivity index (χ3v) is 3.13. The molecule has 1 saturated heterocycles. The van der Waals surface area contributed by atoms with Gasteiger partial charge in [0.05, 0.1) is 13.2 Å². The summed E-state index contributed by atoms with van der Waals surface area (Å²) in [5.74, 6) is -0.00129. The van der Waals surface area contributed by atoms with E-state index in [1.165, 1.54) is 0 Å². The molecule has 5 nitrogen and oxygen atoms in total. The molecule has 1 aromatic rings. The lowest BCUT2D eigenvalue weighted by Crippen LogP contribution is -2.52. The van der Waals surface area contributed by atoms with E-state index in [9.17, 15) is 4.79 Å². The minimum atomic E-state index is -0.217. The number of anilines is 1. The summed E-state index contributed by atoms with van der Waals surface area (Å²) in [5, 5.41) is 2.68. The molecule has 1 atom stereocenters. The molecule has 0 aromatic heterocycles. The zero-order valence-corrected chi connectivity index (χ0v) is 10.6. The maximum absolute atomic E-state index is 11.8. The lowest BCUT2D eigenvalue weighted by Gasteiger charge is -2.34. The molecular formula is C13H19N3O2. The van der Waals surface area contributed by atoms with Crippen LogP contribution in [0.25, 0.3) is 0 Å². The highest BCUT2D eigenvalue weighted by molar-refractivity contribution is 5.81. The van der Waals surface area contributed by atoms with Crippen LogP contribution in [0.1, 0.15) is 5.56 Å². The summed E-state index contributed by atoms with van der Waals surface area (Å²) in [6.07, 6.45) is 0. The van der Waals surface area contributed by atoms with Gasteiger partial charge in [0.25, 0.3) is 0 Å². The van der Waals surface area contributed by atoms with E-state index >= 15 is 0 Å². The van der Waals surface area contributed by atoms with Gasteiger partial charge >= 0.3 is 0 Å². The molecule has 1 fully saturated rings. The van der Waals surface area contributed by atoms with Gasteiger partial charge < -0.3 is 15.8 Å². The highest BCUT2D eigenvalue weighted by Crippen LogP contribution is 2.14. The number of rotatable bonds is 3. The van der Waals surface area contributed by atoms with E-state index in [1.807, 2.05) is 24.3 Å². The van der Waals surface area contributed by atoms with Gasteiger partial charge in [-0.2, -0.15) is 0 Å². The fourth-order valence-electron chi connectivity index (χ4n) is 2.16. The summed E-state index contributed by atoms with van der Waals surface area (Å²) < 4.78 is 5.37. The zero-order chi connectivity index (χ0) is 13.0. The highest BCUT2D eigenvalue weighted by atomic mass is 16.5. The zero-order valence-electron chi connectivity index (χ0n) is 10.6. The summed E-state index contributed by atoms with van der Waals surface area (Å²) in [6.45, 7) is 2.58. The van der Waals surface area contributed by atoms with Crippen LogP contribution in [-0.4, -0.2) is 43.7 Å². The number of nitrogens with two attached hydrogens (primary N) is 1. The molecule has 3 N–H and O–H groups in total. The maximum Gasteiger partial charge on any atom is 0.239 e. The molecule has 1 aliphatic heterocycles. The predicted octanol–water partition coefficient (Wildman–Crippen LogP) is 0.216. The van der Waals surface area contributed by atoms with Gasteiger partial charge in [-0.15, -0.1) is 0 Å². The fraction of sp³-hybridized carbons (Fsp3) is 0.462. The standard InChI is InChI=1S/C13H19N3O2/c1-15-13(17)12-9-18-6-5-16(12)8-10-3-2-4-11(14)7-10/h2-4,7,12H,5-6,8-9,14H2,1H3,(H,15,17). The van der Waals surface area contributed by atoms with Crippen molar-refractivity contribution in [3.63, 3.8) is 0 Å². The quantitative estimate of drug-likeness (QED) is 0.752. The minimum Gasteiger partial charge on any atom is -0.399 e. The molecule has 2 rings (SSSR count). The molecule has 0 aliphatic carbocycles. The average Bonchev–Trinajstić information content (AvgIpc) is 2.38. The molecule has 0 bridgehead atoms. The molecule has 18 heavy (non-hydrogen) atoms. The summed E-state index contributed by atoms with van der Waals surface area (Å²) in [4.78, 5) is 13.9. The number of carbonyl (C=O) groups excluding carboxylic acids is 1. The minimum absolute atomic E-state index is 0.00129. The molecule has 5 heteroatoms. The summed E-state index contributed by atoms with van der Waals surface area (Å²) in [5.41, 5.74) is 7.63. The van der Waals surface area contributed by atoms with Gasteiger partial charge in [0, 0.05) is 25.8 Å². The number of likely N-dealkylation sites (N-methyl/N-ethyl adjacent to an activating group) is 1. The fourth-order valence-corrected chi connectivity index (χ4v) is 2.16. The first-order valence-corrected chi connectivity index (χ1v) is 6.08. The van der Waals surface area contributed by atoms with Crippen LogP contribution < -0.4 is 11.1 Å². The third-order valence-electron chi connectivity index (χ3n) is 3.13. The van der Waals surface area contributed by atoms with Gasteiger partial charge in [0.15, 0.2) is 0 Å². The second kappa shape index (κ2) is 5.84. The number of hydrogen-bond acceptors (Lipinski definition) is 4.